The Morgan fingerprint density at radius 3 is 2.75 bits per heavy atom. The second-order valence-corrected chi connectivity index (χ2v) is 5.11. The molecule has 0 spiro atoms. The van der Waals surface area contributed by atoms with Gasteiger partial charge < -0.3 is 15.0 Å². The van der Waals surface area contributed by atoms with Crippen molar-refractivity contribution >= 4 is 17.7 Å². The molecule has 0 aliphatic heterocycles. The lowest BCUT2D eigenvalue weighted by atomic mass is 10.2. The minimum Gasteiger partial charge on any atom is -0.465 e. The molecule has 0 aliphatic rings. The number of rotatable bonds is 5. The topological polar surface area (TPSA) is 71.5 Å². The molecule has 0 saturated heterocycles. The first-order chi connectivity index (χ1) is 11.5. The number of anilines is 1. The summed E-state index contributed by atoms with van der Waals surface area (Å²) in [6, 6.07) is 8.72. The zero-order valence-corrected chi connectivity index (χ0v) is 13.5. The van der Waals surface area contributed by atoms with Gasteiger partial charge in [0.1, 0.15) is 5.82 Å². The fourth-order valence-electron chi connectivity index (χ4n) is 2.01. The van der Waals surface area contributed by atoms with Gasteiger partial charge in [-0.2, -0.15) is 0 Å². The predicted molar refractivity (Wildman–Crippen MR) is 87.3 cm³/mol. The number of ether oxygens (including phenoxy) is 1. The summed E-state index contributed by atoms with van der Waals surface area (Å²) < 4.78 is 18.4. The first-order valence-electron chi connectivity index (χ1n) is 7.31. The highest BCUT2D eigenvalue weighted by molar-refractivity contribution is 5.94. The number of likely N-dealkylation sites (N-methyl/N-ethyl adjacent to an activating group) is 1. The van der Waals surface area contributed by atoms with Crippen LogP contribution < -0.4 is 5.32 Å². The molecule has 2 aromatic rings. The predicted octanol–water partition coefficient (Wildman–Crippen LogP) is 2.71. The van der Waals surface area contributed by atoms with Crippen LogP contribution in [0.25, 0.3) is 0 Å². The Balaban J connectivity index is 1.99. The molecule has 2 amide bonds. The van der Waals surface area contributed by atoms with E-state index in [4.69, 9.17) is 0 Å². The van der Waals surface area contributed by atoms with Crippen molar-refractivity contribution in [3.63, 3.8) is 0 Å². The van der Waals surface area contributed by atoms with Gasteiger partial charge in [-0.05, 0) is 30.3 Å². The molecule has 2 rings (SSSR count). The zero-order valence-electron chi connectivity index (χ0n) is 13.5. The number of aromatic nitrogens is 1. The molecule has 1 N–H and O–H groups in total. The van der Waals surface area contributed by atoms with E-state index in [0.29, 0.717) is 13.0 Å². The quantitative estimate of drug-likeness (QED) is 0.855. The highest BCUT2D eigenvalue weighted by atomic mass is 19.1. The minimum atomic E-state index is -0.630. The van der Waals surface area contributed by atoms with Gasteiger partial charge >= 0.3 is 12.0 Å². The van der Waals surface area contributed by atoms with Gasteiger partial charge in [0.15, 0.2) is 0 Å². The molecule has 1 aromatic carbocycles. The standard InChI is InChI=1S/C17H18FN3O3/c1-21(10-8-13-5-3-4-9-19-13)17(23)20-15-11-12(16(22)24-2)6-7-14(15)18/h3-7,9,11H,8,10H2,1-2H3,(H,20,23). The van der Waals surface area contributed by atoms with Gasteiger partial charge in [0.2, 0.25) is 0 Å². The summed E-state index contributed by atoms with van der Waals surface area (Å²) >= 11 is 0. The van der Waals surface area contributed by atoms with Gasteiger partial charge in [-0.1, -0.05) is 6.07 Å². The molecular formula is C17H18FN3O3. The van der Waals surface area contributed by atoms with E-state index in [1.807, 2.05) is 18.2 Å². The van der Waals surface area contributed by atoms with Gasteiger partial charge in [-0.15, -0.1) is 0 Å². The van der Waals surface area contributed by atoms with Crippen LogP contribution in [0, 0.1) is 5.82 Å². The summed E-state index contributed by atoms with van der Waals surface area (Å²) in [6.07, 6.45) is 2.26. The van der Waals surface area contributed by atoms with Gasteiger partial charge in [0.25, 0.3) is 0 Å². The van der Waals surface area contributed by atoms with Crippen LogP contribution >= 0.6 is 0 Å². The number of pyridine rings is 1. The molecular weight excluding hydrogens is 313 g/mol. The van der Waals surface area contributed by atoms with Crippen LogP contribution in [0.1, 0.15) is 16.1 Å². The monoisotopic (exact) mass is 331 g/mol. The lowest BCUT2D eigenvalue weighted by Gasteiger charge is -2.18. The molecule has 1 aromatic heterocycles. The zero-order chi connectivity index (χ0) is 17.5. The van der Waals surface area contributed by atoms with Crippen molar-refractivity contribution in [1.82, 2.24) is 9.88 Å². The molecule has 24 heavy (non-hydrogen) atoms. The number of amides is 2. The lowest BCUT2D eigenvalue weighted by molar-refractivity contribution is 0.0600. The smallest absolute Gasteiger partial charge is 0.337 e. The van der Waals surface area contributed by atoms with E-state index in [-0.39, 0.29) is 11.3 Å². The normalized spacial score (nSPS) is 10.1. The van der Waals surface area contributed by atoms with Crippen LogP contribution in [0.2, 0.25) is 0 Å². The van der Waals surface area contributed by atoms with Crippen LogP contribution in [0.4, 0.5) is 14.9 Å². The Kier molecular flexibility index (Phi) is 5.83. The first-order valence-corrected chi connectivity index (χ1v) is 7.31. The summed E-state index contributed by atoms with van der Waals surface area (Å²) in [4.78, 5) is 29.2. The van der Waals surface area contributed by atoms with Gasteiger partial charge in [-0.25, -0.2) is 14.0 Å². The summed E-state index contributed by atoms with van der Waals surface area (Å²) in [5.41, 5.74) is 0.939. The van der Waals surface area contributed by atoms with E-state index >= 15 is 0 Å². The lowest BCUT2D eigenvalue weighted by Crippen LogP contribution is -2.33. The number of urea groups is 1. The Bertz CT molecular complexity index is 722. The largest absolute Gasteiger partial charge is 0.465 e. The average molecular weight is 331 g/mol. The third-order valence-corrected chi connectivity index (χ3v) is 3.41. The number of methoxy groups -OCH3 is 1. The summed E-state index contributed by atoms with van der Waals surface area (Å²) in [5.74, 6) is -1.23. The van der Waals surface area contributed by atoms with E-state index in [9.17, 15) is 14.0 Å². The third kappa shape index (κ3) is 4.52. The molecule has 0 saturated carbocycles. The number of hydrogen-bond acceptors (Lipinski definition) is 4. The number of halogens is 1. The summed E-state index contributed by atoms with van der Waals surface area (Å²) in [6.45, 7) is 0.418. The van der Waals surface area contributed by atoms with Crippen molar-refractivity contribution in [2.75, 3.05) is 26.0 Å². The maximum Gasteiger partial charge on any atom is 0.337 e. The Morgan fingerprint density at radius 2 is 2.08 bits per heavy atom. The number of carbonyl (C=O) groups is 2. The van der Waals surface area contributed by atoms with Crippen molar-refractivity contribution in [2.24, 2.45) is 0 Å². The molecule has 0 bridgehead atoms. The molecule has 6 nitrogen and oxygen atoms in total. The Morgan fingerprint density at radius 1 is 1.29 bits per heavy atom. The van der Waals surface area contributed by atoms with E-state index in [0.717, 1.165) is 11.8 Å². The Labute approximate surface area is 139 Å². The van der Waals surface area contributed by atoms with Crippen molar-refractivity contribution in [2.45, 2.75) is 6.42 Å². The third-order valence-electron chi connectivity index (χ3n) is 3.41. The Hall–Kier alpha value is -2.96. The van der Waals surface area contributed by atoms with Crippen LogP contribution in [-0.4, -0.2) is 42.6 Å². The van der Waals surface area contributed by atoms with Gasteiger partial charge in [0.05, 0.1) is 18.4 Å². The van der Waals surface area contributed by atoms with E-state index in [2.05, 4.69) is 15.0 Å². The molecule has 0 radical (unpaired) electrons. The van der Waals surface area contributed by atoms with E-state index in [1.54, 1.807) is 13.2 Å². The second-order valence-electron chi connectivity index (χ2n) is 5.11. The number of nitrogens with zero attached hydrogens (tertiary/aromatic N) is 2. The van der Waals surface area contributed by atoms with E-state index in [1.165, 1.54) is 24.1 Å². The van der Waals surface area contributed by atoms with Crippen molar-refractivity contribution in [3.8, 4) is 0 Å². The fourth-order valence-corrected chi connectivity index (χ4v) is 2.01. The number of carbonyl (C=O) groups excluding carboxylic acids is 2. The van der Waals surface area contributed by atoms with Crippen LogP contribution in [0.15, 0.2) is 42.6 Å². The fraction of sp³-hybridized carbons (Fsp3) is 0.235. The number of esters is 1. The van der Waals surface area contributed by atoms with Gasteiger partial charge in [0, 0.05) is 31.9 Å². The van der Waals surface area contributed by atoms with E-state index < -0.39 is 17.8 Å². The van der Waals surface area contributed by atoms with Crippen molar-refractivity contribution in [1.29, 1.82) is 0 Å². The molecule has 0 unspecified atom stereocenters. The number of nitrogens with one attached hydrogen (secondary N) is 1. The van der Waals surface area contributed by atoms with Crippen molar-refractivity contribution in [3.05, 3.63) is 59.7 Å². The molecule has 0 atom stereocenters. The van der Waals surface area contributed by atoms with Crippen LogP contribution in [0.5, 0.6) is 0 Å². The van der Waals surface area contributed by atoms with Crippen LogP contribution in [-0.2, 0) is 11.2 Å². The SMILES string of the molecule is COC(=O)c1ccc(F)c(NC(=O)N(C)CCc2ccccn2)c1. The second kappa shape index (κ2) is 8.05. The summed E-state index contributed by atoms with van der Waals surface area (Å²) in [5, 5.41) is 2.45. The first kappa shape index (κ1) is 17.4. The molecule has 7 heteroatoms. The molecule has 126 valence electrons. The average Bonchev–Trinajstić information content (AvgIpc) is 2.61. The molecule has 1 heterocycles. The molecule has 0 aliphatic carbocycles. The maximum atomic E-state index is 13.8. The highest BCUT2D eigenvalue weighted by Gasteiger charge is 2.14. The van der Waals surface area contributed by atoms with Crippen LogP contribution in [0.3, 0.4) is 0 Å². The summed E-state index contributed by atoms with van der Waals surface area (Å²) in [7, 11) is 2.83. The molecule has 0 fully saturated rings. The minimum absolute atomic E-state index is 0.0763. The number of hydrogen-bond donors (Lipinski definition) is 1. The van der Waals surface area contributed by atoms with Crippen molar-refractivity contribution < 1.29 is 18.7 Å². The van der Waals surface area contributed by atoms with Gasteiger partial charge in [-0.3, -0.25) is 4.98 Å². The highest BCUT2D eigenvalue weighted by Crippen LogP contribution is 2.17. The maximum absolute atomic E-state index is 13.8. The number of benzene rings is 1.